The zero-order valence-corrected chi connectivity index (χ0v) is 22.7. The van der Waals surface area contributed by atoms with Crippen molar-refractivity contribution in [3.63, 3.8) is 0 Å². The normalized spacial score (nSPS) is 9.77. The van der Waals surface area contributed by atoms with Crippen LogP contribution in [0.2, 0.25) is 0 Å². The Morgan fingerprint density at radius 2 is 0.935 bits per heavy atom. The van der Waals surface area contributed by atoms with E-state index in [0.29, 0.717) is 6.42 Å². The molecular formula is C22H44CaN2O6. The fourth-order valence-corrected chi connectivity index (χ4v) is 2.46. The van der Waals surface area contributed by atoms with Gasteiger partial charge in [0, 0.05) is 19.5 Å². The summed E-state index contributed by atoms with van der Waals surface area (Å²) in [6.45, 7) is 2.25. The number of aliphatic carboxylic acids is 3. The Morgan fingerprint density at radius 1 is 0.645 bits per heavy atom. The molecule has 0 aromatic carbocycles. The first kappa shape index (κ1) is 37.9. The van der Waals surface area contributed by atoms with Gasteiger partial charge in [-0.1, -0.05) is 71.1 Å². The number of likely N-dealkylation sites (N-methyl/N-ethyl adjacent to an activating group) is 2. The van der Waals surface area contributed by atoms with E-state index >= 15 is 0 Å². The molecule has 9 heteroatoms. The average Bonchev–Trinajstić information content (AvgIpc) is 2.58. The van der Waals surface area contributed by atoms with Crippen LogP contribution in [0.3, 0.4) is 0 Å². The molecule has 0 aromatic rings. The van der Waals surface area contributed by atoms with Gasteiger partial charge in [-0.3, -0.25) is 4.79 Å². The Hall–Kier alpha value is -0.410. The molecule has 0 aromatic heterocycles. The van der Waals surface area contributed by atoms with Crippen LogP contribution in [0.5, 0.6) is 0 Å². The second-order valence-electron chi connectivity index (χ2n) is 7.90. The van der Waals surface area contributed by atoms with E-state index in [1.807, 2.05) is 0 Å². The van der Waals surface area contributed by atoms with Crippen LogP contribution in [0.4, 0.5) is 0 Å². The number of carbonyl (C=O) groups is 3. The molecule has 0 fully saturated rings. The van der Waals surface area contributed by atoms with Crippen molar-refractivity contribution in [2.75, 3.05) is 41.3 Å². The minimum Gasteiger partial charge on any atom is -0.549 e. The summed E-state index contributed by atoms with van der Waals surface area (Å²) in [5.74, 6) is -2.73. The van der Waals surface area contributed by atoms with Crippen LogP contribution in [-0.4, -0.2) is 112 Å². The molecular weight excluding hydrogens is 428 g/mol. The predicted molar refractivity (Wildman–Crippen MR) is 122 cm³/mol. The summed E-state index contributed by atoms with van der Waals surface area (Å²) in [4.78, 5) is 32.6. The Balaban J connectivity index is -0.000000202. The molecule has 0 aliphatic heterocycles. The van der Waals surface area contributed by atoms with Crippen molar-refractivity contribution in [3.05, 3.63) is 0 Å². The van der Waals surface area contributed by atoms with Crippen LogP contribution >= 0.6 is 0 Å². The number of carbonyl (C=O) groups excluding carboxylic acids is 2. The standard InChI is InChI=1S/C14H28O2.2C4H9NO2.Ca/c1-2-3-4-5-6-7-8-9-10-11-12-13-14(15)16;2*1-5(2)3-4(6)7;/h2-13H2,1H3,(H,15,16);2*3H2,1-2H3,(H,6,7);/q;;;+2/p-2. The molecule has 0 aliphatic rings. The number of rotatable bonds is 16. The van der Waals surface area contributed by atoms with Gasteiger partial charge in [-0.25, -0.2) is 0 Å². The van der Waals surface area contributed by atoms with Crippen molar-refractivity contribution in [1.82, 2.24) is 9.80 Å². The summed E-state index contributed by atoms with van der Waals surface area (Å²) in [5, 5.41) is 27.8. The third kappa shape index (κ3) is 53.1. The van der Waals surface area contributed by atoms with Crippen molar-refractivity contribution in [2.24, 2.45) is 0 Å². The van der Waals surface area contributed by atoms with Gasteiger partial charge in [0.15, 0.2) is 0 Å². The van der Waals surface area contributed by atoms with E-state index in [2.05, 4.69) is 6.92 Å². The minimum atomic E-state index is -1.04. The minimum absolute atomic E-state index is 0. The molecule has 8 nitrogen and oxygen atoms in total. The number of hydrogen-bond donors (Lipinski definition) is 1. The zero-order chi connectivity index (χ0) is 23.8. The van der Waals surface area contributed by atoms with Gasteiger partial charge in [-0.05, 0) is 34.6 Å². The molecule has 31 heavy (non-hydrogen) atoms. The molecule has 0 rings (SSSR count). The smallest absolute Gasteiger partial charge is 0.549 e. The molecule has 1 N–H and O–H groups in total. The van der Waals surface area contributed by atoms with Gasteiger partial charge in [0.25, 0.3) is 0 Å². The maximum atomic E-state index is 10.3. The summed E-state index contributed by atoms with van der Waals surface area (Å²) in [7, 11) is 6.71. The van der Waals surface area contributed by atoms with E-state index in [4.69, 9.17) is 5.11 Å². The summed E-state index contributed by atoms with van der Waals surface area (Å²) in [6.07, 6.45) is 14.4. The van der Waals surface area contributed by atoms with Crippen molar-refractivity contribution in [2.45, 2.75) is 84.0 Å². The van der Waals surface area contributed by atoms with E-state index < -0.39 is 17.9 Å². The van der Waals surface area contributed by atoms with Crippen LogP contribution in [0.25, 0.3) is 0 Å². The Morgan fingerprint density at radius 3 is 1.13 bits per heavy atom. The third-order valence-corrected chi connectivity index (χ3v) is 3.88. The molecule has 180 valence electrons. The number of unbranched alkanes of at least 4 members (excludes halogenated alkanes) is 10. The summed E-state index contributed by atoms with van der Waals surface area (Å²) < 4.78 is 0. The Kier molecular flexibility index (Phi) is 36.2. The summed E-state index contributed by atoms with van der Waals surface area (Å²) >= 11 is 0. The first-order valence-electron chi connectivity index (χ1n) is 10.9. The van der Waals surface area contributed by atoms with E-state index in [9.17, 15) is 24.6 Å². The van der Waals surface area contributed by atoms with E-state index in [-0.39, 0.29) is 50.8 Å². The quantitative estimate of drug-likeness (QED) is 0.260. The average molecular weight is 473 g/mol. The molecule has 0 radical (unpaired) electrons. The van der Waals surface area contributed by atoms with Crippen molar-refractivity contribution < 1.29 is 29.7 Å². The first-order chi connectivity index (χ1) is 14.0. The molecule has 0 aliphatic carbocycles. The fraction of sp³-hybridized carbons (Fsp3) is 0.864. The fourth-order valence-electron chi connectivity index (χ4n) is 2.46. The van der Waals surface area contributed by atoms with Gasteiger partial charge in [-0.2, -0.15) is 0 Å². The van der Waals surface area contributed by atoms with E-state index in [1.165, 1.54) is 67.6 Å². The van der Waals surface area contributed by atoms with Gasteiger partial charge in [0.2, 0.25) is 0 Å². The van der Waals surface area contributed by atoms with Crippen molar-refractivity contribution >= 4 is 55.6 Å². The van der Waals surface area contributed by atoms with Crippen LogP contribution in [-0.2, 0) is 14.4 Å². The number of hydrogen-bond acceptors (Lipinski definition) is 7. The van der Waals surface area contributed by atoms with Crippen molar-refractivity contribution in [1.29, 1.82) is 0 Å². The second-order valence-corrected chi connectivity index (χ2v) is 7.90. The van der Waals surface area contributed by atoms with Crippen LogP contribution < -0.4 is 10.2 Å². The largest absolute Gasteiger partial charge is 2.00 e. The maximum absolute atomic E-state index is 10.3. The molecule has 0 saturated carbocycles. The Bertz CT molecular complexity index is 401. The predicted octanol–water partition coefficient (Wildman–Crippen LogP) is 0.987. The van der Waals surface area contributed by atoms with Crippen LogP contribution in [0.15, 0.2) is 0 Å². The molecule has 0 heterocycles. The van der Waals surface area contributed by atoms with Crippen LogP contribution in [0.1, 0.15) is 84.0 Å². The second kappa shape index (κ2) is 29.6. The van der Waals surface area contributed by atoms with Gasteiger partial charge in [0.05, 0.1) is 11.9 Å². The number of carboxylic acids is 3. The maximum Gasteiger partial charge on any atom is 2.00 e. The third-order valence-electron chi connectivity index (χ3n) is 3.88. The van der Waals surface area contributed by atoms with Crippen LogP contribution in [0, 0.1) is 0 Å². The summed E-state index contributed by atoms with van der Waals surface area (Å²) in [6, 6.07) is 0. The van der Waals surface area contributed by atoms with Crippen molar-refractivity contribution in [3.8, 4) is 0 Å². The summed E-state index contributed by atoms with van der Waals surface area (Å²) in [5.41, 5.74) is 0. The molecule has 0 unspecified atom stereocenters. The molecule has 0 spiro atoms. The SMILES string of the molecule is CCCCCCCCCCCCCC(=O)O.CN(C)CC(=O)[O-].CN(C)CC(=O)[O-].[Ca+2]. The van der Waals surface area contributed by atoms with Gasteiger partial charge < -0.3 is 34.7 Å². The van der Waals surface area contributed by atoms with E-state index in [0.717, 1.165) is 12.8 Å². The number of nitrogens with zero attached hydrogens (tertiary/aromatic N) is 2. The van der Waals surface area contributed by atoms with Gasteiger partial charge in [-0.15, -0.1) is 0 Å². The monoisotopic (exact) mass is 472 g/mol. The van der Waals surface area contributed by atoms with E-state index in [1.54, 1.807) is 28.2 Å². The zero-order valence-electron chi connectivity index (χ0n) is 20.5. The first-order valence-corrected chi connectivity index (χ1v) is 10.9. The molecule has 0 atom stereocenters. The molecule has 0 saturated heterocycles. The number of carboxylic acid groups (broad SMARTS) is 3. The van der Waals surface area contributed by atoms with Gasteiger partial charge >= 0.3 is 43.7 Å². The molecule has 0 amide bonds. The Labute approximate surface area is 219 Å². The van der Waals surface area contributed by atoms with Gasteiger partial charge in [0.1, 0.15) is 0 Å². The topological polar surface area (TPSA) is 124 Å². The molecule has 0 bridgehead atoms.